The first-order chi connectivity index (χ1) is 15.6. The molecular formula is C24H25N7O. The van der Waals surface area contributed by atoms with Gasteiger partial charge in [-0.1, -0.05) is 17.7 Å². The number of imidazole rings is 1. The highest BCUT2D eigenvalue weighted by Gasteiger charge is 2.19. The fourth-order valence-electron chi connectivity index (χ4n) is 4.14. The number of urea groups is 1. The van der Waals surface area contributed by atoms with Gasteiger partial charge in [-0.05, 0) is 43.7 Å². The maximum absolute atomic E-state index is 11.5. The Morgan fingerprint density at radius 2 is 1.81 bits per heavy atom. The number of carbonyl (C=O) groups is 1. The fourth-order valence-corrected chi connectivity index (χ4v) is 4.14. The summed E-state index contributed by atoms with van der Waals surface area (Å²) in [6.07, 6.45) is 6.33. The minimum Gasteiger partial charge on any atom is -0.355 e. The lowest BCUT2D eigenvalue weighted by Gasteiger charge is -2.22. The lowest BCUT2D eigenvalue weighted by molar-refractivity contribution is 0.211. The molecule has 0 atom stereocenters. The number of hydrogen-bond acceptors (Lipinski definition) is 5. The topological polar surface area (TPSA) is 93.2 Å². The van der Waals surface area contributed by atoms with Crippen LogP contribution in [0.2, 0.25) is 0 Å². The number of fused-ring (bicyclic) bond motifs is 1. The summed E-state index contributed by atoms with van der Waals surface area (Å²) in [5.41, 5.74) is 10.5. The molecule has 0 saturated carbocycles. The first-order valence-corrected chi connectivity index (χ1v) is 10.8. The van der Waals surface area contributed by atoms with Crippen molar-refractivity contribution in [2.75, 3.05) is 31.1 Å². The van der Waals surface area contributed by atoms with E-state index in [4.69, 9.17) is 15.7 Å². The molecule has 0 aliphatic carbocycles. The summed E-state index contributed by atoms with van der Waals surface area (Å²) in [5.74, 6) is 1.71. The number of aromatic nitrogens is 4. The van der Waals surface area contributed by atoms with Gasteiger partial charge >= 0.3 is 6.03 Å². The third kappa shape index (κ3) is 3.75. The Morgan fingerprint density at radius 1 is 0.969 bits per heavy atom. The minimum absolute atomic E-state index is 0.361. The summed E-state index contributed by atoms with van der Waals surface area (Å²) in [5, 5.41) is 0. The molecule has 2 amide bonds. The second kappa shape index (κ2) is 8.30. The van der Waals surface area contributed by atoms with Crippen LogP contribution in [0.4, 0.5) is 10.6 Å². The first-order valence-electron chi connectivity index (χ1n) is 10.8. The van der Waals surface area contributed by atoms with E-state index < -0.39 is 0 Å². The zero-order valence-corrected chi connectivity index (χ0v) is 18.0. The number of pyridine rings is 2. The van der Waals surface area contributed by atoms with E-state index in [9.17, 15) is 4.79 Å². The standard InChI is InChI=1S/C24H25N7O/c1-17-3-6-19(7-4-17)31-21-16-26-10-9-20(21)28-23(31)18-5-8-22(27-15-18)29-11-2-12-30(14-13-29)24(25)32/h3-10,15-16H,2,11-14H2,1H3,(H2,25,32). The van der Waals surface area contributed by atoms with Crippen LogP contribution in [-0.2, 0) is 0 Å². The number of benzene rings is 1. The van der Waals surface area contributed by atoms with Crippen molar-refractivity contribution in [2.45, 2.75) is 13.3 Å². The van der Waals surface area contributed by atoms with E-state index in [0.29, 0.717) is 19.6 Å². The monoisotopic (exact) mass is 427 g/mol. The number of hydrogen-bond donors (Lipinski definition) is 1. The Kier molecular flexibility index (Phi) is 5.18. The van der Waals surface area contributed by atoms with Crippen molar-refractivity contribution >= 4 is 22.9 Å². The number of aryl methyl sites for hydroxylation is 1. The van der Waals surface area contributed by atoms with Crippen molar-refractivity contribution in [2.24, 2.45) is 5.73 Å². The molecule has 1 aromatic carbocycles. The van der Waals surface area contributed by atoms with Crippen LogP contribution < -0.4 is 10.6 Å². The molecule has 4 heterocycles. The molecule has 1 aliphatic heterocycles. The molecule has 3 aromatic heterocycles. The molecule has 0 bridgehead atoms. The van der Waals surface area contributed by atoms with Gasteiger partial charge in [0.1, 0.15) is 11.6 Å². The Balaban J connectivity index is 1.49. The lowest BCUT2D eigenvalue weighted by Crippen LogP contribution is -2.38. The minimum atomic E-state index is -0.361. The SMILES string of the molecule is Cc1ccc(-n2c(-c3ccc(N4CCCN(C(N)=O)CC4)nc3)nc3ccncc32)cc1. The molecule has 2 N–H and O–H groups in total. The van der Waals surface area contributed by atoms with Gasteiger partial charge in [-0.25, -0.2) is 14.8 Å². The smallest absolute Gasteiger partial charge is 0.314 e. The molecule has 0 spiro atoms. The van der Waals surface area contributed by atoms with Gasteiger partial charge in [-0.2, -0.15) is 0 Å². The van der Waals surface area contributed by atoms with Gasteiger partial charge in [0.05, 0.1) is 17.2 Å². The molecule has 32 heavy (non-hydrogen) atoms. The fraction of sp³-hybridized carbons (Fsp3) is 0.250. The van der Waals surface area contributed by atoms with E-state index in [1.165, 1.54) is 5.56 Å². The van der Waals surface area contributed by atoms with Crippen LogP contribution in [0.1, 0.15) is 12.0 Å². The van der Waals surface area contributed by atoms with Crippen molar-refractivity contribution in [1.82, 2.24) is 24.4 Å². The molecule has 0 radical (unpaired) electrons. The van der Waals surface area contributed by atoms with Gasteiger partial charge in [0.2, 0.25) is 0 Å². The van der Waals surface area contributed by atoms with Crippen LogP contribution in [0.25, 0.3) is 28.1 Å². The van der Waals surface area contributed by atoms with E-state index in [1.54, 1.807) is 11.1 Å². The number of nitrogens with two attached hydrogens (primary N) is 1. The highest BCUT2D eigenvalue weighted by Crippen LogP contribution is 2.29. The summed E-state index contributed by atoms with van der Waals surface area (Å²) in [6, 6.07) is 14.0. The first kappa shape index (κ1) is 20.0. The highest BCUT2D eigenvalue weighted by atomic mass is 16.2. The Morgan fingerprint density at radius 3 is 2.56 bits per heavy atom. The van der Waals surface area contributed by atoms with Crippen LogP contribution in [0, 0.1) is 6.92 Å². The predicted molar refractivity (Wildman–Crippen MR) is 125 cm³/mol. The van der Waals surface area contributed by atoms with Gasteiger partial charge < -0.3 is 15.5 Å². The van der Waals surface area contributed by atoms with Gasteiger partial charge in [0.25, 0.3) is 0 Å². The number of nitrogens with zero attached hydrogens (tertiary/aromatic N) is 6. The molecule has 4 aromatic rings. The average molecular weight is 428 g/mol. The molecular weight excluding hydrogens is 402 g/mol. The van der Waals surface area contributed by atoms with Gasteiger partial charge in [0.15, 0.2) is 0 Å². The molecule has 8 heteroatoms. The van der Waals surface area contributed by atoms with E-state index in [0.717, 1.165) is 46.9 Å². The van der Waals surface area contributed by atoms with E-state index in [2.05, 4.69) is 51.7 Å². The Bertz CT molecular complexity index is 1250. The zero-order chi connectivity index (χ0) is 22.1. The number of rotatable bonds is 3. The van der Waals surface area contributed by atoms with E-state index in [-0.39, 0.29) is 6.03 Å². The van der Waals surface area contributed by atoms with Gasteiger partial charge in [0, 0.05) is 49.8 Å². The van der Waals surface area contributed by atoms with Gasteiger partial charge in [-0.3, -0.25) is 9.55 Å². The molecule has 1 aliphatic rings. The van der Waals surface area contributed by atoms with Crippen LogP contribution in [-0.4, -0.2) is 56.6 Å². The second-order valence-corrected chi connectivity index (χ2v) is 8.04. The van der Waals surface area contributed by atoms with Gasteiger partial charge in [-0.15, -0.1) is 0 Å². The predicted octanol–water partition coefficient (Wildman–Crippen LogP) is 3.38. The maximum atomic E-state index is 11.5. The average Bonchev–Trinajstić information content (AvgIpc) is 3.01. The van der Waals surface area contributed by atoms with E-state index >= 15 is 0 Å². The third-order valence-electron chi connectivity index (χ3n) is 5.89. The van der Waals surface area contributed by atoms with Crippen molar-refractivity contribution < 1.29 is 4.79 Å². The number of carbonyl (C=O) groups excluding carboxylic acids is 1. The summed E-state index contributed by atoms with van der Waals surface area (Å²) >= 11 is 0. The van der Waals surface area contributed by atoms with E-state index in [1.807, 2.05) is 24.5 Å². The van der Waals surface area contributed by atoms with Crippen molar-refractivity contribution in [1.29, 1.82) is 0 Å². The number of primary amides is 1. The summed E-state index contributed by atoms with van der Waals surface area (Å²) in [4.78, 5) is 29.3. The van der Waals surface area contributed by atoms with Crippen molar-refractivity contribution in [3.05, 3.63) is 66.6 Å². The normalized spacial score (nSPS) is 14.5. The number of amides is 2. The summed E-state index contributed by atoms with van der Waals surface area (Å²) in [7, 11) is 0. The molecule has 1 saturated heterocycles. The summed E-state index contributed by atoms with van der Waals surface area (Å²) in [6.45, 7) is 4.91. The van der Waals surface area contributed by atoms with Crippen LogP contribution in [0.15, 0.2) is 61.1 Å². The number of anilines is 1. The third-order valence-corrected chi connectivity index (χ3v) is 5.89. The zero-order valence-electron chi connectivity index (χ0n) is 18.0. The van der Waals surface area contributed by atoms with Crippen LogP contribution >= 0.6 is 0 Å². The van der Waals surface area contributed by atoms with Crippen molar-refractivity contribution in [3.63, 3.8) is 0 Å². The summed E-state index contributed by atoms with van der Waals surface area (Å²) < 4.78 is 2.12. The maximum Gasteiger partial charge on any atom is 0.314 e. The lowest BCUT2D eigenvalue weighted by atomic mass is 10.2. The Hall–Kier alpha value is -3.94. The second-order valence-electron chi connectivity index (χ2n) is 8.04. The largest absolute Gasteiger partial charge is 0.355 e. The molecule has 0 unspecified atom stereocenters. The molecule has 162 valence electrons. The highest BCUT2D eigenvalue weighted by molar-refractivity contribution is 5.82. The quantitative estimate of drug-likeness (QED) is 0.541. The Labute approximate surface area is 186 Å². The molecule has 5 rings (SSSR count). The van der Waals surface area contributed by atoms with Crippen molar-refractivity contribution in [3.8, 4) is 17.1 Å². The van der Waals surface area contributed by atoms with Crippen LogP contribution in [0.5, 0.6) is 0 Å². The molecule has 1 fully saturated rings. The van der Waals surface area contributed by atoms with Crippen LogP contribution in [0.3, 0.4) is 0 Å². The molecule has 8 nitrogen and oxygen atoms in total.